The number of hydrogen-bond acceptors (Lipinski definition) is 7. The summed E-state index contributed by atoms with van der Waals surface area (Å²) in [5, 5.41) is 6.64. The molecule has 2 aromatic heterocycles. The number of furan rings is 1. The lowest BCUT2D eigenvalue weighted by atomic mass is 10.2. The second-order valence-corrected chi connectivity index (χ2v) is 11.9. The van der Waals surface area contributed by atoms with Crippen molar-refractivity contribution in [1.29, 1.82) is 0 Å². The van der Waals surface area contributed by atoms with Gasteiger partial charge in [-0.3, -0.25) is 4.79 Å². The third kappa shape index (κ3) is 5.70. The Bertz CT molecular complexity index is 2150. The van der Waals surface area contributed by atoms with Gasteiger partial charge in [0.05, 0.1) is 51.2 Å². The molecule has 0 unspecified atom stereocenters. The highest BCUT2D eigenvalue weighted by Gasteiger charge is 2.20. The van der Waals surface area contributed by atoms with E-state index in [1.165, 1.54) is 18.0 Å². The molecule has 222 valence electrons. The molecule has 0 atom stereocenters. The Morgan fingerprint density at radius 1 is 0.909 bits per heavy atom. The third-order valence-corrected chi connectivity index (χ3v) is 9.65. The van der Waals surface area contributed by atoms with E-state index < -0.39 is 0 Å². The van der Waals surface area contributed by atoms with Crippen LogP contribution >= 0.6 is 55.1 Å². The summed E-state index contributed by atoms with van der Waals surface area (Å²) in [6, 6.07) is 21.4. The van der Waals surface area contributed by atoms with Crippen LogP contribution < -0.4 is 19.8 Å². The van der Waals surface area contributed by atoms with Gasteiger partial charge in [-0.1, -0.05) is 47.5 Å². The molecule has 0 fully saturated rings. The van der Waals surface area contributed by atoms with Crippen molar-refractivity contribution in [2.75, 3.05) is 14.2 Å². The number of hydrogen-bond donors (Lipinski definition) is 0. The minimum Gasteiger partial charge on any atom is -0.496 e. The van der Waals surface area contributed by atoms with Crippen LogP contribution in [0.5, 0.6) is 17.2 Å². The summed E-state index contributed by atoms with van der Waals surface area (Å²) in [5.74, 6) is 2.12. The SMILES string of the molecule is COc1cc(C=Nn2c(-c3cc4c(OC)cccc4o3)nc3ccccc3c2=O)c(Br)c(Br)c1OCc1ccc(Cl)c(Cl)c1. The van der Waals surface area contributed by atoms with E-state index >= 15 is 0 Å². The Morgan fingerprint density at radius 3 is 2.48 bits per heavy atom. The summed E-state index contributed by atoms with van der Waals surface area (Å²) >= 11 is 19.4. The minimum absolute atomic E-state index is 0.218. The van der Waals surface area contributed by atoms with Gasteiger partial charge in [0.25, 0.3) is 5.56 Å². The molecule has 6 rings (SSSR count). The number of para-hydroxylation sites is 1. The summed E-state index contributed by atoms with van der Waals surface area (Å²) in [7, 11) is 3.12. The molecule has 6 aromatic rings. The van der Waals surface area contributed by atoms with Gasteiger partial charge >= 0.3 is 0 Å². The second-order valence-electron chi connectivity index (χ2n) is 9.46. The van der Waals surface area contributed by atoms with Crippen LogP contribution in [-0.4, -0.2) is 30.1 Å². The number of ether oxygens (including phenoxy) is 3. The largest absolute Gasteiger partial charge is 0.496 e. The predicted octanol–water partition coefficient (Wildman–Crippen LogP) is 9.12. The maximum atomic E-state index is 13.7. The molecule has 44 heavy (non-hydrogen) atoms. The molecule has 0 N–H and O–H groups in total. The number of fused-ring (bicyclic) bond motifs is 2. The van der Waals surface area contributed by atoms with Crippen molar-refractivity contribution in [2.24, 2.45) is 5.10 Å². The molecule has 8 nitrogen and oxygen atoms in total. The minimum atomic E-state index is -0.363. The number of methoxy groups -OCH3 is 2. The topological polar surface area (TPSA) is 88.1 Å². The Kier molecular flexibility index (Phi) is 8.68. The number of benzene rings is 4. The normalized spacial score (nSPS) is 11.5. The number of nitrogens with zero attached hydrogens (tertiary/aromatic N) is 3. The van der Waals surface area contributed by atoms with Gasteiger partial charge in [0.2, 0.25) is 5.82 Å². The lowest BCUT2D eigenvalue weighted by Crippen LogP contribution is -2.20. The first-order valence-electron chi connectivity index (χ1n) is 13.0. The fourth-order valence-corrected chi connectivity index (χ4v) is 5.86. The van der Waals surface area contributed by atoms with E-state index in [0.717, 1.165) is 10.9 Å². The zero-order valence-electron chi connectivity index (χ0n) is 23.1. The summed E-state index contributed by atoms with van der Waals surface area (Å²) in [4.78, 5) is 18.5. The fourth-order valence-electron chi connectivity index (χ4n) is 4.60. The van der Waals surface area contributed by atoms with Gasteiger partial charge in [0, 0.05) is 10.0 Å². The highest BCUT2D eigenvalue weighted by Crippen LogP contribution is 2.43. The van der Waals surface area contributed by atoms with E-state index in [-0.39, 0.29) is 18.0 Å². The summed E-state index contributed by atoms with van der Waals surface area (Å²) in [6.45, 7) is 0.218. The maximum absolute atomic E-state index is 13.7. The van der Waals surface area contributed by atoms with Crippen LogP contribution in [0.4, 0.5) is 0 Å². The third-order valence-electron chi connectivity index (χ3n) is 6.77. The second kappa shape index (κ2) is 12.6. The molecule has 0 saturated carbocycles. The monoisotopic (exact) mass is 755 g/mol. The maximum Gasteiger partial charge on any atom is 0.282 e. The van der Waals surface area contributed by atoms with E-state index in [9.17, 15) is 4.79 Å². The molecule has 0 bridgehead atoms. The van der Waals surface area contributed by atoms with Gasteiger partial charge in [0.1, 0.15) is 17.9 Å². The number of halogens is 4. The van der Waals surface area contributed by atoms with Crippen LogP contribution in [-0.2, 0) is 6.61 Å². The van der Waals surface area contributed by atoms with Crippen LogP contribution in [0, 0.1) is 0 Å². The average Bonchev–Trinajstić information content (AvgIpc) is 3.48. The summed E-state index contributed by atoms with van der Waals surface area (Å²) in [6.07, 6.45) is 1.53. The number of rotatable bonds is 8. The molecule has 0 aliphatic rings. The van der Waals surface area contributed by atoms with Crippen molar-refractivity contribution in [3.05, 3.63) is 113 Å². The van der Waals surface area contributed by atoms with Crippen molar-refractivity contribution >= 4 is 83.1 Å². The van der Waals surface area contributed by atoms with Crippen LogP contribution in [0.1, 0.15) is 11.1 Å². The molecule has 4 aromatic carbocycles. The van der Waals surface area contributed by atoms with Gasteiger partial charge in [-0.25, -0.2) is 4.98 Å². The lowest BCUT2D eigenvalue weighted by Gasteiger charge is -2.15. The van der Waals surface area contributed by atoms with Crippen molar-refractivity contribution in [3.63, 3.8) is 0 Å². The van der Waals surface area contributed by atoms with Crippen molar-refractivity contribution < 1.29 is 18.6 Å². The lowest BCUT2D eigenvalue weighted by molar-refractivity contribution is 0.282. The molecular weight excluding hydrogens is 737 g/mol. The van der Waals surface area contributed by atoms with Gasteiger partial charge in [-0.05, 0) is 86.0 Å². The van der Waals surface area contributed by atoms with E-state index in [0.29, 0.717) is 64.0 Å². The highest BCUT2D eigenvalue weighted by molar-refractivity contribution is 9.13. The first-order valence-corrected chi connectivity index (χ1v) is 15.4. The van der Waals surface area contributed by atoms with Crippen LogP contribution in [0.2, 0.25) is 10.0 Å². The van der Waals surface area contributed by atoms with E-state index in [1.807, 2.05) is 30.3 Å². The first kappa shape index (κ1) is 30.2. The van der Waals surface area contributed by atoms with Gasteiger partial charge in [0.15, 0.2) is 17.3 Å². The number of aromatic nitrogens is 2. The molecule has 0 aliphatic carbocycles. The molecule has 0 spiro atoms. The van der Waals surface area contributed by atoms with Crippen molar-refractivity contribution in [2.45, 2.75) is 6.61 Å². The quantitative estimate of drug-likeness (QED) is 0.144. The van der Waals surface area contributed by atoms with E-state index in [4.69, 9.17) is 46.8 Å². The fraction of sp³-hybridized carbons (Fsp3) is 0.0938. The van der Waals surface area contributed by atoms with Gasteiger partial charge in [-0.15, -0.1) is 0 Å². The Hall–Kier alpha value is -3.83. The summed E-state index contributed by atoms with van der Waals surface area (Å²) < 4.78 is 25.8. The van der Waals surface area contributed by atoms with Crippen LogP contribution in [0.15, 0.2) is 96.1 Å². The Labute approximate surface area is 278 Å². The van der Waals surface area contributed by atoms with E-state index in [1.54, 1.807) is 49.6 Å². The molecule has 0 saturated heterocycles. The predicted molar refractivity (Wildman–Crippen MR) is 180 cm³/mol. The standard InChI is InChI=1S/C32H21Br2Cl2N3O5/c1-41-24-8-5-9-25-20(24)14-27(44-25)31-38-23-7-4-3-6-19(23)32(40)39(31)37-15-18-13-26(42-2)30(29(34)28(18)33)43-16-17-10-11-21(35)22(36)12-17/h3-15H,16H2,1-2H3. The Morgan fingerprint density at radius 2 is 1.70 bits per heavy atom. The zero-order valence-corrected chi connectivity index (χ0v) is 27.8. The summed E-state index contributed by atoms with van der Waals surface area (Å²) in [5.41, 5.74) is 2.17. The first-order chi connectivity index (χ1) is 21.3. The van der Waals surface area contributed by atoms with Crippen LogP contribution in [0.3, 0.4) is 0 Å². The van der Waals surface area contributed by atoms with Gasteiger partial charge < -0.3 is 18.6 Å². The van der Waals surface area contributed by atoms with E-state index in [2.05, 4.69) is 37.0 Å². The molecule has 0 amide bonds. The molecule has 12 heteroatoms. The molecule has 0 aliphatic heterocycles. The highest BCUT2D eigenvalue weighted by atomic mass is 79.9. The average molecular weight is 758 g/mol. The Balaban J connectivity index is 1.42. The molecule has 0 radical (unpaired) electrons. The van der Waals surface area contributed by atoms with Crippen molar-refractivity contribution in [3.8, 4) is 28.8 Å². The van der Waals surface area contributed by atoms with Crippen molar-refractivity contribution in [1.82, 2.24) is 9.66 Å². The zero-order chi connectivity index (χ0) is 31.0. The van der Waals surface area contributed by atoms with Gasteiger partial charge in [-0.2, -0.15) is 9.78 Å². The molecular formula is C32H21Br2Cl2N3O5. The molecule has 2 heterocycles. The van der Waals surface area contributed by atoms with Crippen LogP contribution in [0.25, 0.3) is 33.5 Å². The smallest absolute Gasteiger partial charge is 0.282 e.